The van der Waals surface area contributed by atoms with Crippen molar-refractivity contribution in [3.05, 3.63) is 75.2 Å². The maximum atomic E-state index is 12.7. The van der Waals surface area contributed by atoms with Crippen molar-refractivity contribution >= 4 is 46.3 Å². The molecule has 1 amide bonds. The summed E-state index contributed by atoms with van der Waals surface area (Å²) in [6, 6.07) is 13.1. The molecule has 0 spiro atoms. The van der Waals surface area contributed by atoms with Gasteiger partial charge in [-0.3, -0.25) is 4.79 Å². The van der Waals surface area contributed by atoms with Crippen molar-refractivity contribution in [3.8, 4) is 0 Å². The quantitative estimate of drug-likeness (QED) is 0.587. The van der Waals surface area contributed by atoms with Gasteiger partial charge in [-0.15, -0.1) is 23.1 Å². The van der Waals surface area contributed by atoms with Crippen LogP contribution in [0.3, 0.4) is 0 Å². The Kier molecular flexibility index (Phi) is 5.56. The molecule has 24 heavy (non-hydrogen) atoms. The number of nitrogens with one attached hydrogen (secondary N) is 1. The van der Waals surface area contributed by atoms with E-state index in [2.05, 4.69) is 10.3 Å². The third-order valence-electron chi connectivity index (χ3n) is 3.51. The number of amides is 1. The van der Waals surface area contributed by atoms with Crippen molar-refractivity contribution in [2.24, 2.45) is 0 Å². The maximum absolute atomic E-state index is 12.7. The van der Waals surface area contributed by atoms with E-state index in [-0.39, 0.29) is 5.91 Å². The first-order valence-corrected chi connectivity index (χ1v) is 9.61. The molecule has 2 aromatic carbocycles. The van der Waals surface area contributed by atoms with Crippen LogP contribution >= 0.6 is 34.7 Å². The molecular formula is C18H15ClN2OS2. The van der Waals surface area contributed by atoms with Crippen LogP contribution in [0.4, 0.5) is 5.69 Å². The lowest BCUT2D eigenvalue weighted by molar-refractivity contribution is 0.102. The lowest BCUT2D eigenvalue weighted by atomic mass is 10.1. The Morgan fingerprint density at radius 1 is 1.25 bits per heavy atom. The highest BCUT2D eigenvalue weighted by atomic mass is 35.5. The molecule has 0 fully saturated rings. The summed E-state index contributed by atoms with van der Waals surface area (Å²) >= 11 is 9.30. The van der Waals surface area contributed by atoms with E-state index >= 15 is 0 Å². The van der Waals surface area contributed by atoms with Gasteiger partial charge in [0, 0.05) is 26.7 Å². The lowest BCUT2D eigenvalue weighted by Gasteiger charge is -2.12. The summed E-state index contributed by atoms with van der Waals surface area (Å²) < 4.78 is 0. The standard InChI is InChI=1S/C18H15ClN2OS2/c1-12-15(19)6-4-7-16(12)21-18(22)14-5-2-3-8-17(14)24-10-13-9-23-11-20-13/h2-9,11H,10H2,1H3,(H,21,22). The van der Waals surface area contributed by atoms with Crippen molar-refractivity contribution in [3.63, 3.8) is 0 Å². The van der Waals surface area contributed by atoms with E-state index in [1.54, 1.807) is 23.1 Å². The molecule has 1 aromatic heterocycles. The van der Waals surface area contributed by atoms with Gasteiger partial charge >= 0.3 is 0 Å². The Labute approximate surface area is 154 Å². The predicted octanol–water partition coefficient (Wildman–Crippen LogP) is 5.65. The number of thioether (sulfide) groups is 1. The zero-order valence-corrected chi connectivity index (χ0v) is 15.3. The van der Waals surface area contributed by atoms with E-state index in [1.807, 2.05) is 60.3 Å². The monoisotopic (exact) mass is 374 g/mol. The number of thiazole rings is 1. The fourth-order valence-electron chi connectivity index (χ4n) is 2.17. The Morgan fingerprint density at radius 3 is 2.88 bits per heavy atom. The zero-order chi connectivity index (χ0) is 16.9. The fraction of sp³-hybridized carbons (Fsp3) is 0.111. The second-order valence-corrected chi connectivity index (χ2v) is 7.27. The first-order chi connectivity index (χ1) is 11.6. The third kappa shape index (κ3) is 3.98. The minimum absolute atomic E-state index is 0.137. The second kappa shape index (κ2) is 7.83. The van der Waals surface area contributed by atoms with E-state index < -0.39 is 0 Å². The molecule has 122 valence electrons. The topological polar surface area (TPSA) is 42.0 Å². The van der Waals surface area contributed by atoms with Gasteiger partial charge in [0.15, 0.2) is 0 Å². The Hall–Kier alpha value is -1.82. The maximum Gasteiger partial charge on any atom is 0.256 e. The molecule has 3 rings (SSSR count). The molecule has 1 N–H and O–H groups in total. The smallest absolute Gasteiger partial charge is 0.256 e. The number of aromatic nitrogens is 1. The molecule has 3 aromatic rings. The van der Waals surface area contributed by atoms with Crippen LogP contribution in [0.5, 0.6) is 0 Å². The van der Waals surface area contributed by atoms with Gasteiger partial charge in [0.2, 0.25) is 0 Å². The van der Waals surface area contributed by atoms with Gasteiger partial charge in [-0.05, 0) is 36.8 Å². The van der Waals surface area contributed by atoms with Gasteiger partial charge in [0.05, 0.1) is 16.8 Å². The van der Waals surface area contributed by atoms with Crippen LogP contribution in [-0.2, 0) is 5.75 Å². The molecule has 0 saturated carbocycles. The zero-order valence-electron chi connectivity index (χ0n) is 13.0. The predicted molar refractivity (Wildman–Crippen MR) is 102 cm³/mol. The SMILES string of the molecule is Cc1c(Cl)cccc1NC(=O)c1ccccc1SCc1cscn1. The number of halogens is 1. The number of carbonyl (C=O) groups is 1. The summed E-state index contributed by atoms with van der Waals surface area (Å²) in [6.45, 7) is 1.89. The summed E-state index contributed by atoms with van der Waals surface area (Å²) in [4.78, 5) is 17.9. The average Bonchev–Trinajstić information content (AvgIpc) is 3.11. The number of hydrogen-bond acceptors (Lipinski definition) is 4. The number of anilines is 1. The van der Waals surface area contributed by atoms with Crippen molar-refractivity contribution in [2.75, 3.05) is 5.32 Å². The number of nitrogens with zero attached hydrogens (tertiary/aromatic N) is 1. The summed E-state index contributed by atoms with van der Waals surface area (Å²) in [5.41, 5.74) is 5.08. The normalized spacial score (nSPS) is 10.6. The van der Waals surface area contributed by atoms with Gasteiger partial charge in [0.1, 0.15) is 0 Å². The van der Waals surface area contributed by atoms with Crippen LogP contribution in [0.1, 0.15) is 21.6 Å². The highest BCUT2D eigenvalue weighted by Gasteiger charge is 2.13. The number of hydrogen-bond donors (Lipinski definition) is 1. The van der Waals surface area contributed by atoms with Crippen LogP contribution < -0.4 is 5.32 Å². The molecule has 3 nitrogen and oxygen atoms in total. The lowest BCUT2D eigenvalue weighted by Crippen LogP contribution is -2.13. The summed E-state index contributed by atoms with van der Waals surface area (Å²) in [6.07, 6.45) is 0. The van der Waals surface area contributed by atoms with Gasteiger partial charge in [-0.25, -0.2) is 4.98 Å². The molecule has 0 atom stereocenters. The molecule has 0 aliphatic heterocycles. The molecule has 0 aliphatic carbocycles. The first kappa shape index (κ1) is 17.0. The summed E-state index contributed by atoms with van der Waals surface area (Å²) in [5, 5.41) is 5.61. The Bertz CT molecular complexity index is 850. The molecule has 0 saturated heterocycles. The molecule has 0 bridgehead atoms. The number of benzene rings is 2. The van der Waals surface area contributed by atoms with Crippen molar-refractivity contribution in [2.45, 2.75) is 17.6 Å². The molecule has 0 aliphatic rings. The van der Waals surface area contributed by atoms with Crippen LogP contribution in [0.15, 0.2) is 58.3 Å². The first-order valence-electron chi connectivity index (χ1n) is 7.30. The van der Waals surface area contributed by atoms with Gasteiger partial charge in [-0.1, -0.05) is 29.8 Å². The van der Waals surface area contributed by atoms with Crippen LogP contribution in [-0.4, -0.2) is 10.9 Å². The van der Waals surface area contributed by atoms with E-state index in [0.717, 1.165) is 27.6 Å². The van der Waals surface area contributed by atoms with Gasteiger partial charge in [0.25, 0.3) is 5.91 Å². The van der Waals surface area contributed by atoms with E-state index in [0.29, 0.717) is 10.6 Å². The molecule has 0 unspecified atom stereocenters. The highest BCUT2D eigenvalue weighted by molar-refractivity contribution is 7.98. The average molecular weight is 375 g/mol. The minimum Gasteiger partial charge on any atom is -0.322 e. The van der Waals surface area contributed by atoms with Crippen LogP contribution in [0.25, 0.3) is 0 Å². The second-order valence-electron chi connectivity index (χ2n) is 5.13. The van der Waals surface area contributed by atoms with E-state index in [9.17, 15) is 4.79 Å². The largest absolute Gasteiger partial charge is 0.322 e. The van der Waals surface area contributed by atoms with Gasteiger partial charge in [-0.2, -0.15) is 0 Å². The molecule has 6 heteroatoms. The Morgan fingerprint density at radius 2 is 2.08 bits per heavy atom. The number of rotatable bonds is 5. The van der Waals surface area contributed by atoms with Gasteiger partial charge < -0.3 is 5.32 Å². The Balaban J connectivity index is 1.78. The number of carbonyl (C=O) groups excluding carboxylic acids is 1. The van der Waals surface area contributed by atoms with Crippen molar-refractivity contribution in [1.82, 2.24) is 4.98 Å². The molecule has 1 heterocycles. The molecular weight excluding hydrogens is 360 g/mol. The third-order valence-corrected chi connectivity index (χ3v) is 5.66. The van der Waals surface area contributed by atoms with Crippen LogP contribution in [0.2, 0.25) is 5.02 Å². The van der Waals surface area contributed by atoms with Crippen molar-refractivity contribution in [1.29, 1.82) is 0 Å². The summed E-state index contributed by atoms with van der Waals surface area (Å²) in [7, 11) is 0. The van der Waals surface area contributed by atoms with E-state index in [1.165, 1.54) is 0 Å². The van der Waals surface area contributed by atoms with E-state index in [4.69, 9.17) is 11.6 Å². The fourth-order valence-corrected chi connectivity index (χ4v) is 3.96. The van der Waals surface area contributed by atoms with Crippen molar-refractivity contribution < 1.29 is 4.79 Å². The summed E-state index contributed by atoms with van der Waals surface area (Å²) in [5.74, 6) is 0.603. The highest BCUT2D eigenvalue weighted by Crippen LogP contribution is 2.28. The minimum atomic E-state index is -0.137. The van der Waals surface area contributed by atoms with Crippen LogP contribution in [0, 0.1) is 6.92 Å². The molecule has 0 radical (unpaired) electrons.